The second-order valence-corrected chi connectivity index (χ2v) is 4.13. The van der Waals surface area contributed by atoms with Crippen LogP contribution in [0.25, 0.3) is 5.69 Å². The van der Waals surface area contributed by atoms with Crippen molar-refractivity contribution in [1.82, 2.24) is 9.78 Å². The molecule has 0 radical (unpaired) electrons. The van der Waals surface area contributed by atoms with Gasteiger partial charge >= 0.3 is 12.1 Å². The smallest absolute Gasteiger partial charge is 0.419 e. The molecule has 112 valence electrons. The number of para-hydroxylation sites is 1. The number of rotatable bonds is 3. The fourth-order valence-electron chi connectivity index (χ4n) is 1.74. The third kappa shape index (κ3) is 2.99. The van der Waals surface area contributed by atoms with Crippen LogP contribution in [0.1, 0.15) is 22.8 Å². The molecule has 1 aromatic heterocycles. The van der Waals surface area contributed by atoms with E-state index in [-0.39, 0.29) is 23.5 Å². The molecule has 0 bridgehead atoms. The Hall–Kier alpha value is -2.51. The largest absolute Gasteiger partial charge is 0.462 e. The van der Waals surface area contributed by atoms with E-state index in [2.05, 4.69) is 5.10 Å². The molecule has 21 heavy (non-hydrogen) atoms. The number of anilines is 1. The van der Waals surface area contributed by atoms with Gasteiger partial charge in [-0.2, -0.15) is 18.3 Å². The minimum atomic E-state index is -4.49. The Morgan fingerprint density at radius 1 is 1.43 bits per heavy atom. The van der Waals surface area contributed by atoms with Gasteiger partial charge in [-0.15, -0.1) is 0 Å². The predicted octanol–water partition coefficient (Wildman–Crippen LogP) is 2.65. The average molecular weight is 299 g/mol. The monoisotopic (exact) mass is 299 g/mol. The molecular weight excluding hydrogens is 287 g/mol. The maximum Gasteiger partial charge on any atom is 0.419 e. The van der Waals surface area contributed by atoms with E-state index in [4.69, 9.17) is 10.5 Å². The number of hydrogen-bond donors (Lipinski definition) is 1. The van der Waals surface area contributed by atoms with Gasteiger partial charge in [-0.25, -0.2) is 9.48 Å². The van der Waals surface area contributed by atoms with Crippen LogP contribution in [0.3, 0.4) is 0 Å². The van der Waals surface area contributed by atoms with Crippen molar-refractivity contribution >= 4 is 11.7 Å². The number of nitrogens with two attached hydrogens (primary N) is 1. The first-order valence-electron chi connectivity index (χ1n) is 6.02. The fraction of sp³-hybridized carbons (Fsp3) is 0.231. The summed E-state index contributed by atoms with van der Waals surface area (Å²) in [5.41, 5.74) is 5.19. The minimum Gasteiger partial charge on any atom is -0.462 e. The number of benzene rings is 1. The minimum absolute atomic E-state index is 0.00720. The molecule has 0 amide bonds. The number of nitrogens with zero attached hydrogens (tertiary/aromatic N) is 2. The molecule has 2 aromatic rings. The lowest BCUT2D eigenvalue weighted by molar-refractivity contribution is -0.137. The molecule has 0 fully saturated rings. The first kappa shape index (κ1) is 14.9. The van der Waals surface area contributed by atoms with Gasteiger partial charge in [0.05, 0.1) is 35.3 Å². The highest BCUT2D eigenvalue weighted by Gasteiger charge is 2.32. The number of aromatic nitrogens is 2. The highest BCUT2D eigenvalue weighted by molar-refractivity contribution is 5.97. The zero-order chi connectivity index (χ0) is 15.6. The number of carbonyl (C=O) groups excluding carboxylic acids is 1. The summed E-state index contributed by atoms with van der Waals surface area (Å²) in [5.74, 6) is -0.639. The quantitative estimate of drug-likeness (QED) is 0.698. The zero-order valence-electron chi connectivity index (χ0n) is 11.0. The molecule has 0 atom stereocenters. The third-order valence-electron chi connectivity index (χ3n) is 2.74. The van der Waals surface area contributed by atoms with E-state index in [0.717, 1.165) is 10.9 Å². The molecule has 0 saturated heterocycles. The van der Waals surface area contributed by atoms with Gasteiger partial charge in [0.25, 0.3) is 0 Å². The molecule has 1 aromatic carbocycles. The Kier molecular flexibility index (Phi) is 3.88. The van der Waals surface area contributed by atoms with Crippen LogP contribution in [0.2, 0.25) is 0 Å². The number of ether oxygens (including phenoxy) is 1. The molecule has 5 nitrogen and oxygen atoms in total. The summed E-state index contributed by atoms with van der Waals surface area (Å²) < 4.78 is 43.5. The first-order chi connectivity index (χ1) is 9.84. The summed E-state index contributed by atoms with van der Waals surface area (Å²) in [6, 6.07) is 4.39. The van der Waals surface area contributed by atoms with E-state index >= 15 is 0 Å². The molecular formula is C13H12F3N3O2. The summed E-state index contributed by atoms with van der Waals surface area (Å²) in [4.78, 5) is 11.7. The SMILES string of the molecule is CCOC(=O)c1cccc(-n2cc(C(F)(F)F)cn2)c1N. The summed E-state index contributed by atoms with van der Waals surface area (Å²) >= 11 is 0. The molecule has 1 heterocycles. The van der Waals surface area contributed by atoms with E-state index in [1.807, 2.05) is 0 Å². The Bertz CT molecular complexity index is 665. The summed E-state index contributed by atoms with van der Waals surface area (Å²) in [7, 11) is 0. The van der Waals surface area contributed by atoms with Gasteiger partial charge in [0.15, 0.2) is 0 Å². The molecule has 0 spiro atoms. The standard InChI is InChI=1S/C13H12F3N3O2/c1-2-21-12(20)9-4-3-5-10(11(9)17)19-7-8(6-18-19)13(14,15)16/h3-7H,2,17H2,1H3. The van der Waals surface area contributed by atoms with Crippen molar-refractivity contribution in [3.8, 4) is 5.69 Å². The molecule has 2 rings (SSSR count). The Labute approximate surface area is 118 Å². The normalized spacial score (nSPS) is 11.4. The van der Waals surface area contributed by atoms with Crippen molar-refractivity contribution in [1.29, 1.82) is 0 Å². The van der Waals surface area contributed by atoms with Gasteiger partial charge in [-0.3, -0.25) is 0 Å². The third-order valence-corrected chi connectivity index (χ3v) is 2.74. The van der Waals surface area contributed by atoms with Crippen molar-refractivity contribution < 1.29 is 22.7 Å². The van der Waals surface area contributed by atoms with Crippen molar-refractivity contribution in [2.24, 2.45) is 0 Å². The maximum absolute atomic E-state index is 12.6. The predicted molar refractivity (Wildman–Crippen MR) is 68.9 cm³/mol. The maximum atomic E-state index is 12.6. The number of alkyl halides is 3. The Balaban J connectivity index is 2.43. The number of halogens is 3. The number of carbonyl (C=O) groups is 1. The number of nitrogen functional groups attached to an aromatic ring is 1. The second-order valence-electron chi connectivity index (χ2n) is 4.13. The second kappa shape index (κ2) is 5.47. The van der Waals surface area contributed by atoms with Crippen LogP contribution in [0.5, 0.6) is 0 Å². The number of esters is 1. The van der Waals surface area contributed by atoms with Crippen LogP contribution in [-0.2, 0) is 10.9 Å². The van der Waals surface area contributed by atoms with Crippen LogP contribution in [0, 0.1) is 0 Å². The average Bonchev–Trinajstić information content (AvgIpc) is 2.88. The first-order valence-corrected chi connectivity index (χ1v) is 6.02. The highest BCUT2D eigenvalue weighted by atomic mass is 19.4. The summed E-state index contributed by atoms with van der Waals surface area (Å²) in [6.45, 7) is 1.81. The molecule has 0 unspecified atom stereocenters. The van der Waals surface area contributed by atoms with E-state index in [0.29, 0.717) is 6.20 Å². The fourth-order valence-corrected chi connectivity index (χ4v) is 1.74. The highest BCUT2D eigenvalue weighted by Crippen LogP contribution is 2.30. The van der Waals surface area contributed by atoms with Gasteiger partial charge in [0.2, 0.25) is 0 Å². The van der Waals surface area contributed by atoms with Crippen LogP contribution in [-0.4, -0.2) is 22.4 Å². The van der Waals surface area contributed by atoms with Gasteiger partial charge < -0.3 is 10.5 Å². The molecule has 2 N–H and O–H groups in total. The van der Waals surface area contributed by atoms with Crippen molar-refractivity contribution in [3.05, 3.63) is 41.7 Å². The Morgan fingerprint density at radius 2 is 2.14 bits per heavy atom. The van der Waals surface area contributed by atoms with Crippen LogP contribution in [0.4, 0.5) is 18.9 Å². The van der Waals surface area contributed by atoms with E-state index in [1.54, 1.807) is 6.92 Å². The van der Waals surface area contributed by atoms with Gasteiger partial charge in [0, 0.05) is 6.20 Å². The summed E-state index contributed by atoms with van der Waals surface area (Å²) in [5, 5.41) is 3.62. The summed E-state index contributed by atoms with van der Waals surface area (Å²) in [6.07, 6.45) is -3.00. The molecule has 0 aliphatic heterocycles. The van der Waals surface area contributed by atoms with Gasteiger partial charge in [-0.05, 0) is 19.1 Å². The number of hydrogen-bond acceptors (Lipinski definition) is 4. The van der Waals surface area contributed by atoms with Crippen molar-refractivity contribution in [3.63, 3.8) is 0 Å². The van der Waals surface area contributed by atoms with Crippen molar-refractivity contribution in [2.45, 2.75) is 13.1 Å². The van der Waals surface area contributed by atoms with E-state index in [9.17, 15) is 18.0 Å². The van der Waals surface area contributed by atoms with Crippen LogP contribution < -0.4 is 5.73 Å². The lowest BCUT2D eigenvalue weighted by Gasteiger charge is -2.10. The molecule has 8 heteroatoms. The van der Waals surface area contributed by atoms with E-state index in [1.165, 1.54) is 18.2 Å². The zero-order valence-corrected chi connectivity index (χ0v) is 11.0. The molecule has 0 aliphatic rings. The van der Waals surface area contributed by atoms with Crippen molar-refractivity contribution in [2.75, 3.05) is 12.3 Å². The Morgan fingerprint density at radius 3 is 2.71 bits per heavy atom. The van der Waals surface area contributed by atoms with E-state index < -0.39 is 17.7 Å². The topological polar surface area (TPSA) is 70.1 Å². The lowest BCUT2D eigenvalue weighted by atomic mass is 10.1. The molecule has 0 saturated carbocycles. The van der Waals surface area contributed by atoms with Crippen LogP contribution >= 0.6 is 0 Å². The van der Waals surface area contributed by atoms with Gasteiger partial charge in [0.1, 0.15) is 0 Å². The van der Waals surface area contributed by atoms with Crippen LogP contribution in [0.15, 0.2) is 30.6 Å². The molecule has 0 aliphatic carbocycles. The lowest BCUT2D eigenvalue weighted by Crippen LogP contribution is -2.11. The van der Waals surface area contributed by atoms with Gasteiger partial charge in [-0.1, -0.05) is 6.07 Å².